The van der Waals surface area contributed by atoms with Gasteiger partial charge in [-0.1, -0.05) is 42.0 Å². The molecule has 2 aromatic heterocycles. The van der Waals surface area contributed by atoms with Crippen molar-refractivity contribution >= 4 is 23.5 Å². The number of carbonyl (C=O) groups excluding carboxylic acids is 1. The molecule has 1 atom stereocenters. The van der Waals surface area contributed by atoms with E-state index in [1.165, 1.54) is 5.56 Å². The van der Waals surface area contributed by atoms with Gasteiger partial charge < -0.3 is 10.1 Å². The minimum Gasteiger partial charge on any atom is -0.489 e. The highest BCUT2D eigenvalue weighted by molar-refractivity contribution is 8.00. The Morgan fingerprint density at radius 2 is 1.77 bits per heavy atom. The van der Waals surface area contributed by atoms with Crippen LogP contribution in [0.1, 0.15) is 44.6 Å². The van der Waals surface area contributed by atoms with Crippen molar-refractivity contribution in [3.05, 3.63) is 93.9 Å². The zero-order valence-electron chi connectivity index (χ0n) is 20.2. The van der Waals surface area contributed by atoms with E-state index < -0.39 is 0 Å². The lowest BCUT2D eigenvalue weighted by molar-refractivity contribution is -0.113. The number of aromatic nitrogens is 4. The zero-order chi connectivity index (χ0) is 24.5. The van der Waals surface area contributed by atoms with Crippen molar-refractivity contribution in [3.8, 4) is 11.7 Å². The van der Waals surface area contributed by atoms with Crippen LogP contribution in [0.2, 0.25) is 0 Å². The fourth-order valence-corrected chi connectivity index (χ4v) is 5.49. The molecule has 3 heterocycles. The number of anilines is 1. The molecule has 1 N–H and O–H groups in total. The average molecular weight is 486 g/mol. The summed E-state index contributed by atoms with van der Waals surface area (Å²) in [5.41, 5.74) is 6.94. The monoisotopic (exact) mass is 485 g/mol. The van der Waals surface area contributed by atoms with Crippen molar-refractivity contribution in [3.63, 3.8) is 0 Å². The van der Waals surface area contributed by atoms with E-state index in [4.69, 9.17) is 9.84 Å². The Bertz CT molecular complexity index is 1380. The molecule has 1 amide bonds. The molecule has 35 heavy (non-hydrogen) atoms. The van der Waals surface area contributed by atoms with Crippen LogP contribution in [0.5, 0.6) is 5.75 Å². The Balaban J connectivity index is 1.45. The summed E-state index contributed by atoms with van der Waals surface area (Å²) in [6.45, 7) is 8.40. The Morgan fingerprint density at radius 1 is 1.03 bits per heavy atom. The van der Waals surface area contributed by atoms with Gasteiger partial charge in [0.05, 0.1) is 16.7 Å². The largest absolute Gasteiger partial charge is 0.489 e. The molecule has 4 aromatic rings. The van der Waals surface area contributed by atoms with Gasteiger partial charge in [0.15, 0.2) is 0 Å². The average Bonchev–Trinajstić information content (AvgIpc) is 3.02. The molecule has 0 saturated heterocycles. The summed E-state index contributed by atoms with van der Waals surface area (Å²) in [6, 6.07) is 18.3. The lowest BCUT2D eigenvalue weighted by atomic mass is 10.0. The predicted molar refractivity (Wildman–Crippen MR) is 138 cm³/mol. The van der Waals surface area contributed by atoms with Gasteiger partial charge in [-0.3, -0.25) is 4.79 Å². The van der Waals surface area contributed by atoms with Gasteiger partial charge in [0.1, 0.15) is 18.2 Å². The van der Waals surface area contributed by atoms with E-state index in [0.29, 0.717) is 24.1 Å². The van der Waals surface area contributed by atoms with Gasteiger partial charge in [-0.25, -0.2) is 9.97 Å². The number of amides is 1. The van der Waals surface area contributed by atoms with Gasteiger partial charge in [0, 0.05) is 17.0 Å². The van der Waals surface area contributed by atoms with Crippen molar-refractivity contribution in [2.45, 2.75) is 39.6 Å². The summed E-state index contributed by atoms with van der Waals surface area (Å²) in [5.74, 6) is 2.17. The summed E-state index contributed by atoms with van der Waals surface area (Å²) in [4.78, 5) is 21.7. The first kappa shape index (κ1) is 23.1. The number of thioether (sulfide) groups is 1. The molecule has 0 saturated carbocycles. The second kappa shape index (κ2) is 9.54. The number of nitrogens with zero attached hydrogens (tertiary/aromatic N) is 4. The Hall–Kier alpha value is -3.65. The summed E-state index contributed by atoms with van der Waals surface area (Å²) in [6.07, 6.45) is 0. The number of nitrogens with one attached hydrogen (secondary N) is 1. The van der Waals surface area contributed by atoms with Crippen molar-refractivity contribution in [2.75, 3.05) is 11.1 Å². The highest BCUT2D eigenvalue weighted by Crippen LogP contribution is 2.44. The van der Waals surface area contributed by atoms with Crippen molar-refractivity contribution in [1.29, 1.82) is 0 Å². The number of rotatable bonds is 5. The SMILES string of the molecule is Cc1cccc(COc2ccc([C@@H]3SCC(=O)Nc4c3c(C)nn4-c3nc(C)cc(C)n3)cc2)c1. The van der Waals surface area contributed by atoms with Gasteiger partial charge in [-0.2, -0.15) is 9.78 Å². The number of benzene rings is 2. The normalized spacial score (nSPS) is 15.3. The van der Waals surface area contributed by atoms with Gasteiger partial charge in [0.2, 0.25) is 5.91 Å². The summed E-state index contributed by atoms with van der Waals surface area (Å²) >= 11 is 1.59. The molecule has 5 rings (SSSR count). The highest BCUT2D eigenvalue weighted by Gasteiger charge is 2.31. The first-order valence-corrected chi connectivity index (χ1v) is 12.5. The van der Waals surface area contributed by atoms with Crippen molar-refractivity contribution in [2.24, 2.45) is 0 Å². The van der Waals surface area contributed by atoms with Crippen LogP contribution >= 0.6 is 11.8 Å². The van der Waals surface area contributed by atoms with E-state index in [-0.39, 0.29) is 11.2 Å². The van der Waals surface area contributed by atoms with E-state index in [2.05, 4.69) is 52.5 Å². The standard InChI is InChI=1S/C27H27N5O2S/c1-16-6-5-7-20(12-16)14-34-22-10-8-21(9-11-22)25-24-19(4)31-32(26(24)30-23(33)15-35-25)27-28-17(2)13-18(3)29-27/h5-13,25H,14-15H2,1-4H3,(H,30,33)/t25-/m0/s1. The minimum atomic E-state index is -0.0672. The van der Waals surface area contributed by atoms with Crippen molar-refractivity contribution < 1.29 is 9.53 Å². The van der Waals surface area contributed by atoms with E-state index in [1.54, 1.807) is 16.4 Å². The highest BCUT2D eigenvalue weighted by atomic mass is 32.2. The first-order valence-electron chi connectivity index (χ1n) is 11.5. The summed E-state index contributed by atoms with van der Waals surface area (Å²) in [7, 11) is 0. The van der Waals surface area contributed by atoms with Gasteiger partial charge in [-0.05, 0) is 57.0 Å². The van der Waals surface area contributed by atoms with Crippen LogP contribution in [0, 0.1) is 27.7 Å². The lowest BCUT2D eigenvalue weighted by Gasteiger charge is -2.16. The van der Waals surface area contributed by atoms with Gasteiger partial charge in [0.25, 0.3) is 5.95 Å². The molecule has 8 heteroatoms. The molecular weight excluding hydrogens is 458 g/mol. The van der Waals surface area contributed by atoms with Crippen LogP contribution in [0.3, 0.4) is 0 Å². The van der Waals surface area contributed by atoms with E-state index >= 15 is 0 Å². The molecule has 0 unspecified atom stereocenters. The Morgan fingerprint density at radius 3 is 2.49 bits per heavy atom. The third-order valence-corrected chi connectivity index (χ3v) is 7.11. The number of ether oxygens (including phenoxy) is 1. The topological polar surface area (TPSA) is 81.9 Å². The lowest BCUT2D eigenvalue weighted by Crippen LogP contribution is -2.17. The van der Waals surface area contributed by atoms with Crippen LogP contribution in [-0.2, 0) is 11.4 Å². The van der Waals surface area contributed by atoms with Crippen LogP contribution in [0.25, 0.3) is 5.95 Å². The van der Waals surface area contributed by atoms with E-state index in [1.807, 2.05) is 45.0 Å². The number of fused-ring (bicyclic) bond motifs is 1. The fourth-order valence-electron chi connectivity index (χ4n) is 4.30. The van der Waals surface area contributed by atoms with E-state index in [0.717, 1.165) is 39.5 Å². The van der Waals surface area contributed by atoms with Gasteiger partial charge in [-0.15, -0.1) is 11.8 Å². The summed E-state index contributed by atoms with van der Waals surface area (Å²) < 4.78 is 7.66. The maximum absolute atomic E-state index is 12.6. The van der Waals surface area contributed by atoms with Crippen LogP contribution in [-0.4, -0.2) is 31.4 Å². The maximum atomic E-state index is 12.6. The molecule has 2 aromatic carbocycles. The molecule has 0 fully saturated rings. The number of hydrogen-bond acceptors (Lipinski definition) is 6. The molecule has 0 bridgehead atoms. The second-order valence-corrected chi connectivity index (χ2v) is 9.89. The molecule has 0 radical (unpaired) electrons. The van der Waals surface area contributed by atoms with Crippen LogP contribution < -0.4 is 10.1 Å². The molecule has 7 nitrogen and oxygen atoms in total. The third kappa shape index (κ3) is 4.93. The summed E-state index contributed by atoms with van der Waals surface area (Å²) in [5, 5.41) is 7.70. The quantitative estimate of drug-likeness (QED) is 0.416. The molecule has 1 aliphatic rings. The maximum Gasteiger partial charge on any atom is 0.252 e. The second-order valence-electron chi connectivity index (χ2n) is 8.80. The molecule has 0 aliphatic carbocycles. The van der Waals surface area contributed by atoms with Crippen LogP contribution in [0.4, 0.5) is 5.82 Å². The number of carbonyl (C=O) groups is 1. The third-order valence-electron chi connectivity index (χ3n) is 5.84. The number of aryl methyl sites for hydroxylation is 4. The first-order chi connectivity index (χ1) is 16.9. The van der Waals surface area contributed by atoms with Crippen molar-refractivity contribution in [1.82, 2.24) is 19.7 Å². The molecular formula is C27H27N5O2S. The predicted octanol–water partition coefficient (Wildman–Crippen LogP) is 5.25. The number of hydrogen-bond donors (Lipinski definition) is 1. The molecule has 0 spiro atoms. The molecule has 1 aliphatic heterocycles. The minimum absolute atomic E-state index is 0.0607. The fraction of sp³-hybridized carbons (Fsp3) is 0.259. The van der Waals surface area contributed by atoms with E-state index in [9.17, 15) is 4.79 Å². The smallest absolute Gasteiger partial charge is 0.252 e. The Kier molecular flexibility index (Phi) is 6.30. The van der Waals surface area contributed by atoms with Crippen LogP contribution in [0.15, 0.2) is 54.6 Å². The molecule has 178 valence electrons. The Labute approximate surface area is 209 Å². The van der Waals surface area contributed by atoms with Gasteiger partial charge >= 0.3 is 0 Å². The zero-order valence-corrected chi connectivity index (χ0v) is 21.0.